The number of nitrogens with zero attached hydrogens (tertiary/aromatic N) is 1. The van der Waals surface area contributed by atoms with Crippen molar-refractivity contribution in [3.8, 4) is 0 Å². The molecule has 3 nitrogen and oxygen atoms in total. The van der Waals surface area contributed by atoms with E-state index in [1.807, 2.05) is 67.5 Å². The smallest absolute Gasteiger partial charge is 0.251 e. The fourth-order valence-corrected chi connectivity index (χ4v) is 1.92. The Morgan fingerprint density at radius 1 is 1.10 bits per heavy atom. The lowest BCUT2D eigenvalue weighted by Gasteiger charge is -2.13. The van der Waals surface area contributed by atoms with E-state index in [0.717, 1.165) is 11.3 Å². The second kappa shape index (κ2) is 6.24. The van der Waals surface area contributed by atoms with Crippen LogP contribution in [0.2, 0.25) is 0 Å². The molecule has 20 heavy (non-hydrogen) atoms. The van der Waals surface area contributed by atoms with E-state index < -0.39 is 0 Å². The van der Waals surface area contributed by atoms with E-state index in [1.165, 1.54) is 5.56 Å². The number of hydrogen-bond acceptors (Lipinski definition) is 2. The molecule has 0 spiro atoms. The maximum atomic E-state index is 12.1. The molecule has 0 aliphatic heterocycles. The van der Waals surface area contributed by atoms with Gasteiger partial charge in [0.25, 0.3) is 5.91 Å². The van der Waals surface area contributed by atoms with Crippen molar-refractivity contribution >= 4 is 11.6 Å². The van der Waals surface area contributed by atoms with Crippen molar-refractivity contribution in [3.05, 3.63) is 65.2 Å². The van der Waals surface area contributed by atoms with Crippen molar-refractivity contribution in [1.29, 1.82) is 0 Å². The number of carbonyl (C=O) groups excluding carboxylic acids is 1. The van der Waals surface area contributed by atoms with Crippen LogP contribution in [0.4, 0.5) is 5.69 Å². The standard InChI is InChI=1S/C17H20N2O/c1-13-7-9-14(10-8-13)12-18-17(20)15-5-4-6-16(11-15)19(2)3/h4-11H,12H2,1-3H3,(H,18,20). The third kappa shape index (κ3) is 3.60. The average Bonchev–Trinajstić information content (AvgIpc) is 2.46. The fraction of sp³-hybridized carbons (Fsp3) is 0.235. The van der Waals surface area contributed by atoms with Crippen molar-refractivity contribution in [1.82, 2.24) is 5.32 Å². The highest BCUT2D eigenvalue weighted by Gasteiger charge is 2.06. The van der Waals surface area contributed by atoms with E-state index in [9.17, 15) is 4.79 Å². The number of amides is 1. The molecule has 0 atom stereocenters. The maximum Gasteiger partial charge on any atom is 0.251 e. The van der Waals surface area contributed by atoms with Crippen molar-refractivity contribution in [2.24, 2.45) is 0 Å². The number of rotatable bonds is 4. The Balaban J connectivity index is 2.01. The average molecular weight is 268 g/mol. The Hall–Kier alpha value is -2.29. The molecule has 0 radical (unpaired) electrons. The normalized spacial score (nSPS) is 10.2. The molecule has 3 heteroatoms. The van der Waals surface area contributed by atoms with Crippen LogP contribution in [0.1, 0.15) is 21.5 Å². The van der Waals surface area contributed by atoms with Crippen molar-refractivity contribution in [2.75, 3.05) is 19.0 Å². The van der Waals surface area contributed by atoms with Gasteiger partial charge >= 0.3 is 0 Å². The largest absolute Gasteiger partial charge is 0.378 e. The lowest BCUT2D eigenvalue weighted by Crippen LogP contribution is -2.23. The summed E-state index contributed by atoms with van der Waals surface area (Å²) in [5, 5.41) is 2.94. The second-order valence-corrected chi connectivity index (χ2v) is 5.11. The van der Waals surface area contributed by atoms with Crippen LogP contribution >= 0.6 is 0 Å². The van der Waals surface area contributed by atoms with Gasteiger partial charge in [0.15, 0.2) is 0 Å². The first-order chi connectivity index (χ1) is 9.56. The highest BCUT2D eigenvalue weighted by atomic mass is 16.1. The monoisotopic (exact) mass is 268 g/mol. The van der Waals surface area contributed by atoms with Gasteiger partial charge in [-0.25, -0.2) is 0 Å². The summed E-state index contributed by atoms with van der Waals surface area (Å²) in [5.41, 5.74) is 4.03. The Bertz CT molecular complexity index is 588. The predicted octanol–water partition coefficient (Wildman–Crippen LogP) is 2.99. The molecule has 0 fully saturated rings. The number of hydrogen-bond donors (Lipinski definition) is 1. The zero-order valence-corrected chi connectivity index (χ0v) is 12.2. The van der Waals surface area contributed by atoms with Crippen LogP contribution in [0.15, 0.2) is 48.5 Å². The zero-order valence-electron chi connectivity index (χ0n) is 12.2. The van der Waals surface area contributed by atoms with E-state index in [0.29, 0.717) is 12.1 Å². The highest BCUT2D eigenvalue weighted by molar-refractivity contribution is 5.95. The van der Waals surface area contributed by atoms with Crippen LogP contribution < -0.4 is 10.2 Å². The molecule has 0 saturated carbocycles. The van der Waals surface area contributed by atoms with Gasteiger partial charge in [-0.05, 0) is 30.7 Å². The van der Waals surface area contributed by atoms with Crippen LogP contribution in [-0.2, 0) is 6.54 Å². The molecular formula is C17H20N2O. The van der Waals surface area contributed by atoms with Gasteiger partial charge in [0.05, 0.1) is 0 Å². The van der Waals surface area contributed by atoms with Crippen LogP contribution in [0.3, 0.4) is 0 Å². The van der Waals surface area contributed by atoms with Crippen LogP contribution in [0, 0.1) is 6.92 Å². The topological polar surface area (TPSA) is 32.3 Å². The third-order valence-corrected chi connectivity index (χ3v) is 3.20. The number of carbonyl (C=O) groups is 1. The minimum Gasteiger partial charge on any atom is -0.378 e. The Morgan fingerprint density at radius 2 is 1.80 bits per heavy atom. The van der Waals surface area contributed by atoms with Gasteiger partial charge in [0.1, 0.15) is 0 Å². The van der Waals surface area contributed by atoms with Gasteiger partial charge in [0.2, 0.25) is 0 Å². The van der Waals surface area contributed by atoms with Gasteiger partial charge in [-0.1, -0.05) is 35.9 Å². The summed E-state index contributed by atoms with van der Waals surface area (Å²) in [6.45, 7) is 2.60. The first-order valence-corrected chi connectivity index (χ1v) is 6.67. The van der Waals surface area contributed by atoms with Crippen LogP contribution in [-0.4, -0.2) is 20.0 Å². The molecule has 1 N–H and O–H groups in total. The summed E-state index contributed by atoms with van der Waals surface area (Å²) >= 11 is 0. The first kappa shape index (κ1) is 14.1. The predicted molar refractivity (Wildman–Crippen MR) is 83.1 cm³/mol. The molecule has 0 bridgehead atoms. The summed E-state index contributed by atoms with van der Waals surface area (Å²) < 4.78 is 0. The van der Waals surface area contributed by atoms with E-state index in [-0.39, 0.29) is 5.91 Å². The minimum absolute atomic E-state index is 0.0470. The molecule has 2 rings (SSSR count). The molecule has 1 amide bonds. The second-order valence-electron chi connectivity index (χ2n) is 5.11. The Labute approximate surface area is 120 Å². The lowest BCUT2D eigenvalue weighted by molar-refractivity contribution is 0.0951. The van der Waals surface area contributed by atoms with Crippen molar-refractivity contribution < 1.29 is 4.79 Å². The van der Waals surface area contributed by atoms with E-state index in [4.69, 9.17) is 0 Å². The minimum atomic E-state index is -0.0470. The lowest BCUT2D eigenvalue weighted by atomic mass is 10.1. The molecular weight excluding hydrogens is 248 g/mol. The van der Waals surface area contributed by atoms with Gasteiger partial charge in [0, 0.05) is 31.9 Å². The molecule has 104 valence electrons. The molecule has 2 aromatic carbocycles. The van der Waals surface area contributed by atoms with E-state index in [1.54, 1.807) is 0 Å². The van der Waals surface area contributed by atoms with E-state index >= 15 is 0 Å². The van der Waals surface area contributed by atoms with Gasteiger partial charge in [-0.15, -0.1) is 0 Å². The highest BCUT2D eigenvalue weighted by Crippen LogP contribution is 2.13. The van der Waals surface area contributed by atoms with Crippen LogP contribution in [0.5, 0.6) is 0 Å². The van der Waals surface area contributed by atoms with Crippen LogP contribution in [0.25, 0.3) is 0 Å². The fourth-order valence-electron chi connectivity index (χ4n) is 1.92. The Kier molecular flexibility index (Phi) is 4.41. The van der Waals surface area contributed by atoms with Crippen molar-refractivity contribution in [2.45, 2.75) is 13.5 Å². The van der Waals surface area contributed by atoms with Gasteiger partial charge < -0.3 is 10.2 Å². The Morgan fingerprint density at radius 3 is 2.45 bits per heavy atom. The molecule has 0 aliphatic carbocycles. The SMILES string of the molecule is Cc1ccc(CNC(=O)c2cccc(N(C)C)c2)cc1. The number of benzene rings is 2. The molecule has 0 heterocycles. The third-order valence-electron chi connectivity index (χ3n) is 3.20. The summed E-state index contributed by atoms with van der Waals surface area (Å²) in [4.78, 5) is 14.1. The maximum absolute atomic E-state index is 12.1. The molecule has 2 aromatic rings. The number of anilines is 1. The number of aryl methyl sites for hydroxylation is 1. The summed E-state index contributed by atoms with van der Waals surface area (Å²) in [5.74, 6) is -0.0470. The van der Waals surface area contributed by atoms with Gasteiger partial charge in [-0.2, -0.15) is 0 Å². The summed E-state index contributed by atoms with van der Waals surface area (Å²) in [6, 6.07) is 15.8. The van der Waals surface area contributed by atoms with Crippen molar-refractivity contribution in [3.63, 3.8) is 0 Å². The zero-order chi connectivity index (χ0) is 14.5. The first-order valence-electron chi connectivity index (χ1n) is 6.67. The van der Waals surface area contributed by atoms with Gasteiger partial charge in [-0.3, -0.25) is 4.79 Å². The molecule has 0 aromatic heterocycles. The number of nitrogens with one attached hydrogen (secondary N) is 1. The molecule has 0 aliphatic rings. The van der Waals surface area contributed by atoms with E-state index in [2.05, 4.69) is 12.2 Å². The molecule has 0 unspecified atom stereocenters. The summed E-state index contributed by atoms with van der Waals surface area (Å²) in [6.07, 6.45) is 0. The molecule has 0 saturated heterocycles. The quantitative estimate of drug-likeness (QED) is 0.924. The summed E-state index contributed by atoms with van der Waals surface area (Å²) in [7, 11) is 3.92.